The Kier molecular flexibility index (Phi) is 7.47. The highest BCUT2D eigenvalue weighted by Crippen LogP contribution is 2.29. The quantitative estimate of drug-likeness (QED) is 0.379. The largest absolute Gasteiger partial charge is 0.493 e. The van der Waals surface area contributed by atoms with Crippen LogP contribution in [0, 0.1) is 0 Å². The minimum absolute atomic E-state index is 0.350. The van der Waals surface area contributed by atoms with Gasteiger partial charge in [-0.05, 0) is 34.9 Å². The van der Waals surface area contributed by atoms with Gasteiger partial charge in [0.15, 0.2) is 11.5 Å². The predicted molar refractivity (Wildman–Crippen MR) is 114 cm³/mol. The standard InChI is InChI=1S/C25H24O4/c1-27-24-18-21(12-14-23(24)29-19-22-10-6-3-7-11-22)13-15-25(26)28-17-16-20-8-4-2-5-9-20/h2-15,18H,16-17,19H2,1H3/b15-13-. The molecule has 0 aliphatic rings. The smallest absolute Gasteiger partial charge is 0.330 e. The maximum Gasteiger partial charge on any atom is 0.330 e. The summed E-state index contributed by atoms with van der Waals surface area (Å²) in [6, 6.07) is 25.4. The maximum atomic E-state index is 11.9. The number of hydrogen-bond acceptors (Lipinski definition) is 4. The van der Waals surface area contributed by atoms with Crippen molar-refractivity contribution in [2.45, 2.75) is 13.0 Å². The number of ether oxygens (including phenoxy) is 3. The third kappa shape index (κ3) is 6.54. The van der Waals surface area contributed by atoms with E-state index in [2.05, 4.69) is 0 Å². The van der Waals surface area contributed by atoms with Gasteiger partial charge < -0.3 is 14.2 Å². The van der Waals surface area contributed by atoms with Crippen LogP contribution in [0.5, 0.6) is 11.5 Å². The molecule has 148 valence electrons. The van der Waals surface area contributed by atoms with Crippen molar-refractivity contribution in [2.24, 2.45) is 0 Å². The van der Waals surface area contributed by atoms with Gasteiger partial charge in [-0.25, -0.2) is 4.79 Å². The first-order valence-electron chi connectivity index (χ1n) is 9.48. The monoisotopic (exact) mass is 388 g/mol. The van der Waals surface area contributed by atoms with Crippen LogP contribution in [0.3, 0.4) is 0 Å². The zero-order valence-corrected chi connectivity index (χ0v) is 16.4. The SMILES string of the molecule is COc1cc(/C=C\C(=O)OCCc2ccccc2)ccc1OCc1ccccc1. The zero-order chi connectivity index (χ0) is 20.3. The van der Waals surface area contributed by atoms with Crippen LogP contribution in [-0.4, -0.2) is 19.7 Å². The molecular formula is C25H24O4. The summed E-state index contributed by atoms with van der Waals surface area (Å²) in [7, 11) is 1.59. The zero-order valence-electron chi connectivity index (χ0n) is 16.4. The molecule has 4 heteroatoms. The molecule has 3 rings (SSSR count). The molecular weight excluding hydrogens is 364 g/mol. The molecule has 0 aliphatic carbocycles. The third-order valence-electron chi connectivity index (χ3n) is 4.31. The Morgan fingerprint density at radius 2 is 1.55 bits per heavy atom. The molecule has 0 unspecified atom stereocenters. The molecule has 0 saturated heterocycles. The summed E-state index contributed by atoms with van der Waals surface area (Å²) in [6.07, 6.45) is 3.82. The summed E-state index contributed by atoms with van der Waals surface area (Å²) < 4.78 is 16.5. The Balaban J connectivity index is 1.52. The van der Waals surface area contributed by atoms with Gasteiger partial charge in [0.2, 0.25) is 0 Å². The second-order valence-electron chi connectivity index (χ2n) is 6.42. The Morgan fingerprint density at radius 1 is 0.862 bits per heavy atom. The molecule has 0 aromatic heterocycles. The van der Waals surface area contributed by atoms with Crippen LogP contribution in [0.1, 0.15) is 16.7 Å². The maximum absolute atomic E-state index is 11.9. The Bertz CT molecular complexity index is 934. The van der Waals surface area contributed by atoms with Crippen LogP contribution < -0.4 is 9.47 Å². The summed E-state index contributed by atoms with van der Waals surface area (Å²) in [5, 5.41) is 0. The number of carbonyl (C=O) groups excluding carboxylic acids is 1. The summed E-state index contributed by atoms with van der Waals surface area (Å²) in [6.45, 7) is 0.808. The number of carbonyl (C=O) groups is 1. The average molecular weight is 388 g/mol. The highest BCUT2D eigenvalue weighted by molar-refractivity contribution is 5.87. The van der Waals surface area contributed by atoms with Crippen molar-refractivity contribution >= 4 is 12.0 Å². The lowest BCUT2D eigenvalue weighted by Gasteiger charge is -2.11. The van der Waals surface area contributed by atoms with Gasteiger partial charge in [0.25, 0.3) is 0 Å². The molecule has 0 aliphatic heterocycles. The summed E-state index contributed by atoms with van der Waals surface area (Å²) in [4.78, 5) is 11.9. The van der Waals surface area contributed by atoms with E-state index in [1.165, 1.54) is 6.08 Å². The number of hydrogen-bond donors (Lipinski definition) is 0. The molecule has 0 fully saturated rings. The second kappa shape index (κ2) is 10.7. The number of esters is 1. The van der Waals surface area contributed by atoms with Crippen LogP contribution in [0.25, 0.3) is 6.08 Å². The van der Waals surface area contributed by atoms with Gasteiger partial charge in [0.1, 0.15) is 6.61 Å². The molecule has 0 spiro atoms. The molecule has 0 saturated carbocycles. The van der Waals surface area contributed by atoms with Crippen LogP contribution in [0.2, 0.25) is 0 Å². The van der Waals surface area contributed by atoms with Crippen molar-refractivity contribution in [1.82, 2.24) is 0 Å². The molecule has 0 heterocycles. The molecule has 0 atom stereocenters. The van der Waals surface area contributed by atoms with Gasteiger partial charge in [-0.15, -0.1) is 0 Å². The van der Waals surface area contributed by atoms with Crippen molar-refractivity contribution in [3.63, 3.8) is 0 Å². The van der Waals surface area contributed by atoms with Gasteiger partial charge in [-0.2, -0.15) is 0 Å². The highest BCUT2D eigenvalue weighted by Gasteiger charge is 2.06. The summed E-state index contributed by atoms with van der Waals surface area (Å²) in [5.41, 5.74) is 3.05. The van der Waals surface area contributed by atoms with Gasteiger partial charge in [-0.3, -0.25) is 0 Å². The van der Waals surface area contributed by atoms with Crippen LogP contribution in [-0.2, 0) is 22.6 Å². The van der Waals surface area contributed by atoms with E-state index in [9.17, 15) is 4.79 Å². The Morgan fingerprint density at radius 3 is 2.24 bits per heavy atom. The Labute approximate surface area is 171 Å². The normalized spacial score (nSPS) is 10.7. The van der Waals surface area contributed by atoms with Crippen LogP contribution in [0.15, 0.2) is 84.9 Å². The van der Waals surface area contributed by atoms with Gasteiger partial charge >= 0.3 is 5.97 Å². The summed E-state index contributed by atoms with van der Waals surface area (Å²) in [5.74, 6) is 0.892. The lowest BCUT2D eigenvalue weighted by molar-refractivity contribution is -0.137. The predicted octanol–water partition coefficient (Wildman–Crippen LogP) is 5.07. The average Bonchev–Trinajstić information content (AvgIpc) is 2.78. The fourth-order valence-corrected chi connectivity index (χ4v) is 2.77. The topological polar surface area (TPSA) is 44.8 Å². The van der Waals surface area contributed by atoms with E-state index < -0.39 is 0 Å². The van der Waals surface area contributed by atoms with Crippen molar-refractivity contribution in [1.29, 1.82) is 0 Å². The molecule has 0 N–H and O–H groups in total. The number of methoxy groups -OCH3 is 1. The Hall–Kier alpha value is -3.53. The number of rotatable bonds is 9. The fourth-order valence-electron chi connectivity index (χ4n) is 2.77. The van der Waals surface area contributed by atoms with Gasteiger partial charge in [0.05, 0.1) is 13.7 Å². The summed E-state index contributed by atoms with van der Waals surface area (Å²) >= 11 is 0. The first-order valence-corrected chi connectivity index (χ1v) is 9.48. The van der Waals surface area contributed by atoms with E-state index in [1.54, 1.807) is 13.2 Å². The van der Waals surface area contributed by atoms with Crippen molar-refractivity contribution < 1.29 is 19.0 Å². The minimum Gasteiger partial charge on any atom is -0.493 e. The molecule has 3 aromatic rings. The fraction of sp³-hybridized carbons (Fsp3) is 0.160. The van der Waals surface area contributed by atoms with E-state index >= 15 is 0 Å². The molecule has 0 radical (unpaired) electrons. The van der Waals surface area contributed by atoms with Crippen LogP contribution in [0.4, 0.5) is 0 Å². The van der Waals surface area contributed by atoms with Crippen molar-refractivity contribution in [3.05, 3.63) is 102 Å². The third-order valence-corrected chi connectivity index (χ3v) is 4.31. The highest BCUT2D eigenvalue weighted by atomic mass is 16.5. The molecule has 29 heavy (non-hydrogen) atoms. The molecule has 3 aromatic carbocycles. The van der Waals surface area contributed by atoms with Crippen molar-refractivity contribution in [3.8, 4) is 11.5 Å². The van der Waals surface area contributed by atoms with E-state index in [0.29, 0.717) is 31.1 Å². The lowest BCUT2D eigenvalue weighted by atomic mass is 10.2. The molecule has 4 nitrogen and oxygen atoms in total. The van der Waals surface area contributed by atoms with Crippen LogP contribution >= 0.6 is 0 Å². The van der Waals surface area contributed by atoms with E-state index in [1.807, 2.05) is 78.9 Å². The van der Waals surface area contributed by atoms with Crippen molar-refractivity contribution in [2.75, 3.05) is 13.7 Å². The number of benzene rings is 3. The minimum atomic E-state index is -0.371. The lowest BCUT2D eigenvalue weighted by Crippen LogP contribution is -2.04. The van der Waals surface area contributed by atoms with E-state index in [4.69, 9.17) is 14.2 Å². The van der Waals surface area contributed by atoms with E-state index in [-0.39, 0.29) is 5.97 Å². The van der Waals surface area contributed by atoms with E-state index in [0.717, 1.165) is 16.7 Å². The van der Waals surface area contributed by atoms with Gasteiger partial charge in [0, 0.05) is 12.5 Å². The molecule has 0 amide bonds. The van der Waals surface area contributed by atoms with Gasteiger partial charge in [-0.1, -0.05) is 66.7 Å². The first-order chi connectivity index (χ1) is 14.2. The first kappa shape index (κ1) is 20.2. The second-order valence-corrected chi connectivity index (χ2v) is 6.42. The molecule has 0 bridgehead atoms.